The number of likely N-dealkylation sites (tertiary alicyclic amines) is 1. The van der Waals surface area contributed by atoms with E-state index in [1.165, 1.54) is 18.7 Å². The van der Waals surface area contributed by atoms with Crippen LogP contribution in [0.25, 0.3) is 0 Å². The number of piperidine rings is 1. The number of hydrogen-bond acceptors (Lipinski definition) is 11. The molecule has 0 spiro atoms. The van der Waals surface area contributed by atoms with Crippen molar-refractivity contribution in [1.82, 2.24) is 25.4 Å². The molecular weight excluding hydrogens is 739 g/mol. The Morgan fingerprint density at radius 1 is 0.982 bits per heavy atom. The van der Waals surface area contributed by atoms with Gasteiger partial charge in [0, 0.05) is 43.6 Å². The van der Waals surface area contributed by atoms with Crippen LogP contribution >= 0.6 is 11.3 Å². The molecule has 56 heavy (non-hydrogen) atoms. The molecular formula is C41H61N5O9S. The van der Waals surface area contributed by atoms with Gasteiger partial charge >= 0.3 is 17.9 Å². The summed E-state index contributed by atoms with van der Waals surface area (Å²) >= 11 is 1.05. The minimum Gasteiger partial charge on any atom is -0.481 e. The molecule has 15 heteroatoms. The standard InChI is InChI=1S/C41H61N5O9S/c1-10-26(5)36(44-37(49)31-15-17-45(9)18-16-31)40(51)46(23-54-28(7)47)34(24(2)3)21-35(55-29(8)48)33-22-56-39(43-33)38(50)42-32(19-27(6)41(52)53)20-30-13-11-25(4)12-14-30/h11-14,22,24,26-27,31-32,34-36H,10,15-21,23H2,1-9H3,(H,42,50)(H,44,49)(H,52,53)/t26?,27?,32-,34?,35-,36?/m1/s1. The van der Waals surface area contributed by atoms with Gasteiger partial charge in [-0.1, -0.05) is 70.9 Å². The lowest BCUT2D eigenvalue weighted by Crippen LogP contribution is -2.57. The Morgan fingerprint density at radius 3 is 2.18 bits per heavy atom. The number of rotatable bonds is 20. The smallest absolute Gasteiger partial charge is 0.306 e. The molecule has 2 heterocycles. The minimum atomic E-state index is -0.989. The molecule has 1 saturated heterocycles. The summed E-state index contributed by atoms with van der Waals surface area (Å²) in [4.78, 5) is 86.2. The molecule has 0 saturated carbocycles. The zero-order chi connectivity index (χ0) is 41.7. The molecule has 0 radical (unpaired) electrons. The number of amides is 3. The largest absolute Gasteiger partial charge is 0.481 e. The third-order valence-corrected chi connectivity index (χ3v) is 11.4. The number of aromatic nitrogens is 1. The van der Waals surface area contributed by atoms with Gasteiger partial charge in [-0.15, -0.1) is 11.3 Å². The first-order valence-corrected chi connectivity index (χ1v) is 20.4. The summed E-state index contributed by atoms with van der Waals surface area (Å²) in [7, 11) is 2.01. The number of nitrogens with one attached hydrogen (secondary N) is 2. The molecule has 1 aliphatic rings. The Morgan fingerprint density at radius 2 is 1.62 bits per heavy atom. The molecule has 1 aromatic carbocycles. The van der Waals surface area contributed by atoms with E-state index < -0.39 is 59.9 Å². The lowest BCUT2D eigenvalue weighted by molar-refractivity contribution is -0.159. The van der Waals surface area contributed by atoms with Crippen LogP contribution in [0.3, 0.4) is 0 Å². The van der Waals surface area contributed by atoms with E-state index in [0.29, 0.717) is 31.4 Å². The van der Waals surface area contributed by atoms with Crippen molar-refractivity contribution < 1.29 is 43.3 Å². The van der Waals surface area contributed by atoms with Crippen molar-refractivity contribution in [1.29, 1.82) is 0 Å². The summed E-state index contributed by atoms with van der Waals surface area (Å²) in [5, 5.41) is 17.3. The number of nitrogens with zero attached hydrogens (tertiary/aromatic N) is 3. The number of carboxylic acids is 1. The van der Waals surface area contributed by atoms with Crippen molar-refractivity contribution >= 4 is 47.0 Å². The number of aliphatic carboxylic acids is 1. The van der Waals surface area contributed by atoms with Gasteiger partial charge in [-0.2, -0.15) is 0 Å². The number of carbonyl (C=O) groups excluding carboxylic acids is 5. The van der Waals surface area contributed by atoms with Crippen molar-refractivity contribution in [2.75, 3.05) is 26.9 Å². The minimum absolute atomic E-state index is 0.0529. The molecule has 3 amide bonds. The van der Waals surface area contributed by atoms with Gasteiger partial charge in [-0.05, 0) is 70.1 Å². The molecule has 1 aliphatic heterocycles. The molecule has 14 nitrogen and oxygen atoms in total. The maximum absolute atomic E-state index is 14.6. The lowest BCUT2D eigenvalue weighted by atomic mass is 9.91. The van der Waals surface area contributed by atoms with E-state index in [2.05, 4.69) is 20.5 Å². The predicted molar refractivity (Wildman–Crippen MR) is 213 cm³/mol. The molecule has 2 aromatic rings. The molecule has 0 bridgehead atoms. The number of benzene rings is 1. The Balaban J connectivity index is 1.91. The Bertz CT molecular complexity index is 1640. The number of carboxylic acid groups (broad SMARTS) is 1. The predicted octanol–water partition coefficient (Wildman–Crippen LogP) is 5.14. The first-order valence-electron chi connectivity index (χ1n) is 19.5. The zero-order valence-corrected chi connectivity index (χ0v) is 35.1. The summed E-state index contributed by atoms with van der Waals surface area (Å²) in [6.45, 7) is 14.9. The third-order valence-electron chi connectivity index (χ3n) is 10.5. The molecule has 3 rings (SSSR count). The molecule has 3 N–H and O–H groups in total. The van der Waals surface area contributed by atoms with E-state index in [9.17, 15) is 33.9 Å². The summed E-state index contributed by atoms with van der Waals surface area (Å²) in [6, 6.07) is 5.74. The van der Waals surface area contributed by atoms with E-state index in [4.69, 9.17) is 9.47 Å². The van der Waals surface area contributed by atoms with Crippen LogP contribution in [0, 0.1) is 30.6 Å². The van der Waals surface area contributed by atoms with Crippen LogP contribution in [0.2, 0.25) is 0 Å². The normalized spacial score (nSPS) is 16.8. The van der Waals surface area contributed by atoms with Gasteiger partial charge in [-0.25, -0.2) is 4.98 Å². The van der Waals surface area contributed by atoms with E-state index >= 15 is 0 Å². The van der Waals surface area contributed by atoms with Crippen LogP contribution < -0.4 is 10.6 Å². The number of thiazole rings is 1. The first kappa shape index (κ1) is 46.0. The summed E-state index contributed by atoms with van der Waals surface area (Å²) in [5.74, 6) is -4.69. The maximum Gasteiger partial charge on any atom is 0.306 e. The van der Waals surface area contributed by atoms with Gasteiger partial charge in [0.1, 0.15) is 12.1 Å². The fraction of sp³-hybridized carbons (Fsp3) is 0.634. The topological polar surface area (TPSA) is 185 Å². The van der Waals surface area contributed by atoms with Crippen LogP contribution in [0.5, 0.6) is 0 Å². The van der Waals surface area contributed by atoms with Crippen molar-refractivity contribution in [3.63, 3.8) is 0 Å². The quantitative estimate of drug-likeness (QED) is 0.119. The number of aryl methyl sites for hydroxylation is 1. The van der Waals surface area contributed by atoms with Crippen LogP contribution in [-0.4, -0.2) is 101 Å². The highest BCUT2D eigenvalue weighted by atomic mass is 32.1. The van der Waals surface area contributed by atoms with E-state index in [0.717, 1.165) is 35.6 Å². The molecule has 310 valence electrons. The van der Waals surface area contributed by atoms with Gasteiger partial charge in [-0.3, -0.25) is 28.8 Å². The monoisotopic (exact) mass is 799 g/mol. The average molecular weight is 800 g/mol. The highest BCUT2D eigenvalue weighted by Gasteiger charge is 2.39. The van der Waals surface area contributed by atoms with Crippen molar-refractivity contribution in [2.45, 2.75) is 118 Å². The summed E-state index contributed by atoms with van der Waals surface area (Å²) in [5.41, 5.74) is 2.32. The van der Waals surface area contributed by atoms with Gasteiger partial charge < -0.3 is 35.0 Å². The maximum atomic E-state index is 14.6. The molecule has 1 aromatic heterocycles. The van der Waals surface area contributed by atoms with Crippen LogP contribution in [0.1, 0.15) is 113 Å². The van der Waals surface area contributed by atoms with Crippen LogP contribution in [0.15, 0.2) is 29.6 Å². The Labute approximate surface area is 335 Å². The number of esters is 2. The molecule has 4 unspecified atom stereocenters. The zero-order valence-electron chi connectivity index (χ0n) is 34.3. The van der Waals surface area contributed by atoms with Gasteiger partial charge in [0.15, 0.2) is 11.7 Å². The molecule has 1 fully saturated rings. The van der Waals surface area contributed by atoms with Gasteiger partial charge in [0.2, 0.25) is 11.8 Å². The van der Waals surface area contributed by atoms with E-state index in [1.807, 2.05) is 65.9 Å². The highest BCUT2D eigenvalue weighted by molar-refractivity contribution is 7.11. The molecule has 6 atom stereocenters. The second kappa shape index (κ2) is 21.8. The average Bonchev–Trinajstić information content (AvgIpc) is 3.64. The van der Waals surface area contributed by atoms with E-state index in [-0.39, 0.29) is 48.2 Å². The first-order chi connectivity index (χ1) is 26.4. The van der Waals surface area contributed by atoms with Crippen LogP contribution in [0.4, 0.5) is 0 Å². The Hall–Kier alpha value is -4.37. The van der Waals surface area contributed by atoms with Crippen molar-refractivity contribution in [2.24, 2.45) is 23.7 Å². The second-order valence-corrected chi connectivity index (χ2v) is 16.4. The summed E-state index contributed by atoms with van der Waals surface area (Å²) in [6.07, 6.45) is 1.63. The van der Waals surface area contributed by atoms with Gasteiger partial charge in [0.25, 0.3) is 5.91 Å². The fourth-order valence-corrected chi connectivity index (χ4v) is 7.57. The Kier molecular flexibility index (Phi) is 17.9. The number of ether oxygens (including phenoxy) is 2. The van der Waals surface area contributed by atoms with Gasteiger partial charge in [0.05, 0.1) is 11.6 Å². The fourth-order valence-electron chi connectivity index (χ4n) is 6.81. The summed E-state index contributed by atoms with van der Waals surface area (Å²) < 4.78 is 11.2. The number of hydrogen-bond donors (Lipinski definition) is 3. The number of carbonyl (C=O) groups is 6. The van der Waals surface area contributed by atoms with Crippen LogP contribution in [-0.2, 0) is 39.9 Å². The second-order valence-electron chi connectivity index (χ2n) is 15.6. The van der Waals surface area contributed by atoms with E-state index in [1.54, 1.807) is 12.3 Å². The highest BCUT2D eigenvalue weighted by Crippen LogP contribution is 2.31. The lowest BCUT2D eigenvalue weighted by Gasteiger charge is -2.39. The molecule has 0 aliphatic carbocycles. The van der Waals surface area contributed by atoms with Crippen molar-refractivity contribution in [3.8, 4) is 0 Å². The third kappa shape index (κ3) is 14.0. The SMILES string of the molecule is CCC(C)C(NC(=O)C1CCN(C)CC1)C(=O)N(COC(C)=O)C(C[C@@H](OC(C)=O)c1csc(C(=O)N[C@@H](Cc2ccc(C)cc2)CC(C)C(=O)O)n1)C(C)C. The van der Waals surface area contributed by atoms with Crippen molar-refractivity contribution in [3.05, 3.63) is 51.5 Å².